The lowest BCUT2D eigenvalue weighted by Gasteiger charge is -2.20. The zero-order chi connectivity index (χ0) is 12.8. The normalized spacial score (nSPS) is 12.0. The molecule has 0 aromatic rings. The number of halogens is 1. The lowest BCUT2D eigenvalue weighted by Crippen LogP contribution is -2.45. The third kappa shape index (κ3) is 13.4. The average molecular weight is 356 g/mol. The van der Waals surface area contributed by atoms with E-state index in [0.29, 0.717) is 18.9 Å². The summed E-state index contributed by atoms with van der Waals surface area (Å²) in [5.41, 5.74) is 5.55. The van der Waals surface area contributed by atoms with Gasteiger partial charge < -0.3 is 16.4 Å². The van der Waals surface area contributed by atoms with Crippen molar-refractivity contribution in [2.24, 2.45) is 10.7 Å². The van der Waals surface area contributed by atoms with Crippen molar-refractivity contribution in [3.05, 3.63) is 0 Å². The minimum atomic E-state index is -0.103. The summed E-state index contributed by atoms with van der Waals surface area (Å²) in [6, 6.07) is 0.168. The smallest absolute Gasteiger partial charge is 0.222 e. The summed E-state index contributed by atoms with van der Waals surface area (Å²) in [4.78, 5) is 15.4. The van der Waals surface area contributed by atoms with Crippen LogP contribution in [0, 0.1) is 0 Å². The van der Waals surface area contributed by atoms with Gasteiger partial charge in [-0.15, -0.1) is 24.0 Å². The predicted molar refractivity (Wildman–Crippen MR) is 82.7 cm³/mol. The minimum absolute atomic E-state index is 0. The molecule has 0 fully saturated rings. The van der Waals surface area contributed by atoms with Crippen molar-refractivity contribution >= 4 is 35.8 Å². The van der Waals surface area contributed by atoms with Crippen LogP contribution in [0.1, 0.15) is 41.0 Å². The Kier molecular flexibility index (Phi) is 9.46. The van der Waals surface area contributed by atoms with E-state index in [1.165, 1.54) is 0 Å². The average Bonchev–Trinajstić information content (AvgIpc) is 1.98. The fourth-order valence-electron chi connectivity index (χ4n) is 1.10. The van der Waals surface area contributed by atoms with Gasteiger partial charge in [-0.05, 0) is 34.6 Å². The quantitative estimate of drug-likeness (QED) is 0.403. The number of nitrogens with two attached hydrogens (primary N) is 1. The molecule has 0 atom stereocenters. The molecule has 5 nitrogen and oxygen atoms in total. The molecule has 0 aliphatic carbocycles. The SMILES string of the molecule is CC(C)NC(=O)CCN=C(N)NC(C)(C)C.I. The number of carbonyl (C=O) groups excluding carboxylic acids is 1. The van der Waals surface area contributed by atoms with Crippen molar-refractivity contribution in [1.82, 2.24) is 10.6 Å². The standard InChI is InChI=1S/C11H24N4O.HI/c1-8(2)14-9(16)6-7-13-10(12)15-11(3,4)5;/h8H,6-7H2,1-5H3,(H,14,16)(H3,12,13,15);1H. The molecule has 0 radical (unpaired) electrons. The zero-order valence-corrected chi connectivity index (χ0v) is 13.7. The summed E-state index contributed by atoms with van der Waals surface area (Å²) in [5.74, 6) is 0.382. The Labute approximate surface area is 121 Å². The Morgan fingerprint density at radius 1 is 1.35 bits per heavy atom. The van der Waals surface area contributed by atoms with Crippen LogP contribution in [0.3, 0.4) is 0 Å². The molecule has 0 rings (SSSR count). The van der Waals surface area contributed by atoms with Gasteiger partial charge in [-0.25, -0.2) is 0 Å². The fraction of sp³-hybridized carbons (Fsp3) is 0.818. The molecule has 102 valence electrons. The summed E-state index contributed by atoms with van der Waals surface area (Å²) >= 11 is 0. The highest BCUT2D eigenvalue weighted by Crippen LogP contribution is 1.97. The Morgan fingerprint density at radius 2 is 1.88 bits per heavy atom. The Hall–Kier alpha value is -0.530. The van der Waals surface area contributed by atoms with Crippen LogP contribution in [0.5, 0.6) is 0 Å². The minimum Gasteiger partial charge on any atom is -0.370 e. The number of nitrogens with one attached hydrogen (secondary N) is 2. The molecule has 6 heteroatoms. The number of amides is 1. The van der Waals surface area contributed by atoms with Crippen molar-refractivity contribution < 1.29 is 4.79 Å². The van der Waals surface area contributed by atoms with Gasteiger partial charge in [0, 0.05) is 18.0 Å². The molecule has 17 heavy (non-hydrogen) atoms. The van der Waals surface area contributed by atoms with Gasteiger partial charge in [0.1, 0.15) is 0 Å². The summed E-state index contributed by atoms with van der Waals surface area (Å²) in [7, 11) is 0. The molecular formula is C11H25IN4O. The van der Waals surface area contributed by atoms with Crippen LogP contribution in [0.15, 0.2) is 4.99 Å². The summed E-state index contributed by atoms with van der Waals surface area (Å²) in [6.45, 7) is 10.3. The van der Waals surface area contributed by atoms with Gasteiger partial charge in [0.05, 0.1) is 6.54 Å². The second kappa shape index (κ2) is 8.54. The number of nitrogens with zero attached hydrogens (tertiary/aromatic N) is 1. The number of carbonyl (C=O) groups is 1. The molecule has 0 saturated carbocycles. The Morgan fingerprint density at radius 3 is 2.29 bits per heavy atom. The number of hydrogen-bond donors (Lipinski definition) is 3. The van der Waals surface area contributed by atoms with E-state index in [0.717, 1.165) is 0 Å². The molecule has 0 aromatic carbocycles. The third-order valence-electron chi connectivity index (χ3n) is 1.57. The van der Waals surface area contributed by atoms with Crippen molar-refractivity contribution in [3.8, 4) is 0 Å². The summed E-state index contributed by atoms with van der Waals surface area (Å²) in [5, 5.41) is 5.82. The molecule has 4 N–H and O–H groups in total. The zero-order valence-electron chi connectivity index (χ0n) is 11.3. The predicted octanol–water partition coefficient (Wildman–Crippen LogP) is 1.22. The topological polar surface area (TPSA) is 79.5 Å². The van der Waals surface area contributed by atoms with Crippen LogP contribution in [-0.2, 0) is 4.79 Å². The molecular weight excluding hydrogens is 331 g/mol. The van der Waals surface area contributed by atoms with Crippen molar-refractivity contribution in [2.45, 2.75) is 52.6 Å². The first-order valence-corrected chi connectivity index (χ1v) is 5.58. The molecule has 0 aromatic heterocycles. The third-order valence-corrected chi connectivity index (χ3v) is 1.57. The highest BCUT2D eigenvalue weighted by Gasteiger charge is 2.09. The lowest BCUT2D eigenvalue weighted by molar-refractivity contribution is -0.121. The highest BCUT2D eigenvalue weighted by atomic mass is 127. The Bertz CT molecular complexity index is 259. The van der Waals surface area contributed by atoms with Gasteiger partial charge in [0.15, 0.2) is 5.96 Å². The van der Waals surface area contributed by atoms with Crippen molar-refractivity contribution in [1.29, 1.82) is 0 Å². The molecule has 0 aliphatic rings. The molecule has 0 saturated heterocycles. The van der Waals surface area contributed by atoms with Crippen LogP contribution in [0.4, 0.5) is 0 Å². The van der Waals surface area contributed by atoms with E-state index in [1.807, 2.05) is 34.6 Å². The van der Waals surface area contributed by atoms with E-state index < -0.39 is 0 Å². The lowest BCUT2D eigenvalue weighted by atomic mass is 10.1. The van der Waals surface area contributed by atoms with Crippen LogP contribution >= 0.6 is 24.0 Å². The fourth-order valence-corrected chi connectivity index (χ4v) is 1.10. The largest absolute Gasteiger partial charge is 0.370 e. The molecule has 0 spiro atoms. The van der Waals surface area contributed by atoms with Gasteiger partial charge in [0.25, 0.3) is 0 Å². The molecule has 0 aliphatic heterocycles. The monoisotopic (exact) mass is 356 g/mol. The van der Waals surface area contributed by atoms with Gasteiger partial charge in [-0.1, -0.05) is 0 Å². The maximum absolute atomic E-state index is 11.3. The van der Waals surface area contributed by atoms with E-state index in [4.69, 9.17) is 5.73 Å². The van der Waals surface area contributed by atoms with Crippen LogP contribution in [0.2, 0.25) is 0 Å². The molecule has 0 unspecified atom stereocenters. The number of guanidine groups is 1. The number of rotatable bonds is 4. The maximum Gasteiger partial charge on any atom is 0.222 e. The van der Waals surface area contributed by atoms with E-state index in [-0.39, 0.29) is 41.5 Å². The highest BCUT2D eigenvalue weighted by molar-refractivity contribution is 14.0. The van der Waals surface area contributed by atoms with Gasteiger partial charge in [0.2, 0.25) is 5.91 Å². The van der Waals surface area contributed by atoms with Crippen LogP contribution in [-0.4, -0.2) is 30.0 Å². The summed E-state index contributed by atoms with van der Waals surface area (Å²) < 4.78 is 0. The van der Waals surface area contributed by atoms with Crippen molar-refractivity contribution in [3.63, 3.8) is 0 Å². The maximum atomic E-state index is 11.3. The molecule has 0 heterocycles. The summed E-state index contributed by atoms with van der Waals surface area (Å²) in [6.07, 6.45) is 0.366. The van der Waals surface area contributed by atoms with Gasteiger partial charge in [-0.3, -0.25) is 9.79 Å². The Balaban J connectivity index is 0. The second-order valence-electron chi connectivity index (χ2n) is 5.11. The van der Waals surface area contributed by atoms with E-state index >= 15 is 0 Å². The number of hydrogen-bond acceptors (Lipinski definition) is 2. The van der Waals surface area contributed by atoms with E-state index in [1.54, 1.807) is 0 Å². The van der Waals surface area contributed by atoms with Crippen LogP contribution in [0.25, 0.3) is 0 Å². The first-order valence-electron chi connectivity index (χ1n) is 5.58. The molecule has 1 amide bonds. The first-order chi connectivity index (χ1) is 7.20. The molecule has 0 bridgehead atoms. The van der Waals surface area contributed by atoms with Crippen molar-refractivity contribution in [2.75, 3.05) is 6.54 Å². The first kappa shape index (κ1) is 18.8. The van der Waals surface area contributed by atoms with E-state index in [9.17, 15) is 4.79 Å². The second-order valence-corrected chi connectivity index (χ2v) is 5.11. The number of aliphatic imine (C=N–C) groups is 1. The van der Waals surface area contributed by atoms with E-state index in [2.05, 4.69) is 15.6 Å². The van der Waals surface area contributed by atoms with Gasteiger partial charge >= 0.3 is 0 Å². The van der Waals surface area contributed by atoms with Gasteiger partial charge in [-0.2, -0.15) is 0 Å². The van der Waals surface area contributed by atoms with Crippen LogP contribution < -0.4 is 16.4 Å².